The maximum Gasteiger partial charge on any atom is 0.490 e. The number of nitrogens with zero attached hydrogens (tertiary/aromatic N) is 4. The Balaban J connectivity index is 0.000000286. The molecule has 0 bridgehead atoms. The van der Waals surface area contributed by atoms with Gasteiger partial charge in [0, 0.05) is 38.7 Å². The average Bonchev–Trinajstić information content (AvgIpc) is 3.45. The first-order valence-electron chi connectivity index (χ1n) is 10.6. The molecule has 0 radical (unpaired) electrons. The second-order valence-electron chi connectivity index (χ2n) is 8.11. The van der Waals surface area contributed by atoms with Crippen molar-refractivity contribution in [1.29, 1.82) is 0 Å². The van der Waals surface area contributed by atoms with Crippen LogP contribution in [-0.2, 0) is 20.9 Å². The molecule has 2 saturated heterocycles. The maximum absolute atomic E-state index is 10.6. The van der Waals surface area contributed by atoms with E-state index < -0.39 is 24.3 Å². The van der Waals surface area contributed by atoms with E-state index in [1.807, 2.05) is 19.3 Å². The number of morpholine rings is 1. The van der Waals surface area contributed by atoms with Crippen molar-refractivity contribution in [2.45, 2.75) is 44.3 Å². The Bertz CT molecular complexity index is 984. The van der Waals surface area contributed by atoms with Crippen LogP contribution in [0.5, 0.6) is 0 Å². The summed E-state index contributed by atoms with van der Waals surface area (Å²) in [4.78, 5) is 22.4. The van der Waals surface area contributed by atoms with Crippen LogP contribution in [0.3, 0.4) is 0 Å². The fraction of sp³-hybridized carbons (Fsp3) is 0.600. The molecule has 2 aromatic rings. The van der Waals surface area contributed by atoms with Crippen molar-refractivity contribution in [3.8, 4) is 0 Å². The Morgan fingerprint density at radius 3 is 2.16 bits per heavy atom. The molecular formula is C20H24F6N4O7. The molecule has 208 valence electrons. The number of alkyl halides is 6. The number of aromatic nitrogens is 2. The van der Waals surface area contributed by atoms with E-state index >= 15 is 0 Å². The predicted octanol–water partition coefficient (Wildman–Crippen LogP) is 3.11. The molecule has 4 rings (SSSR count). The van der Waals surface area contributed by atoms with Crippen LogP contribution >= 0.6 is 0 Å². The zero-order chi connectivity index (χ0) is 27.9. The van der Waals surface area contributed by atoms with Crippen molar-refractivity contribution in [2.24, 2.45) is 0 Å². The van der Waals surface area contributed by atoms with Gasteiger partial charge in [0.05, 0.1) is 31.3 Å². The van der Waals surface area contributed by atoms with Gasteiger partial charge in [-0.05, 0) is 18.9 Å². The lowest BCUT2D eigenvalue weighted by molar-refractivity contribution is -0.193. The Morgan fingerprint density at radius 2 is 1.68 bits per heavy atom. The number of carboxylic acids is 2. The summed E-state index contributed by atoms with van der Waals surface area (Å²) in [6.07, 6.45) is -4.48. The van der Waals surface area contributed by atoms with Crippen LogP contribution in [0.1, 0.15) is 24.3 Å². The summed E-state index contributed by atoms with van der Waals surface area (Å²) in [6, 6.07) is 2.63. The highest BCUT2D eigenvalue weighted by molar-refractivity contribution is 5.73. The fourth-order valence-corrected chi connectivity index (χ4v) is 3.62. The highest BCUT2D eigenvalue weighted by atomic mass is 19.4. The lowest BCUT2D eigenvalue weighted by Crippen LogP contribution is -2.59. The molecular weight excluding hydrogens is 522 g/mol. The molecule has 1 spiro atoms. The Kier molecular flexibility index (Phi) is 9.91. The molecule has 1 unspecified atom stereocenters. The minimum atomic E-state index is -5.08. The van der Waals surface area contributed by atoms with E-state index in [9.17, 15) is 26.3 Å². The minimum Gasteiger partial charge on any atom is -0.475 e. The summed E-state index contributed by atoms with van der Waals surface area (Å²) >= 11 is 0. The molecule has 2 fully saturated rings. The minimum absolute atomic E-state index is 0.150. The van der Waals surface area contributed by atoms with E-state index in [1.165, 1.54) is 5.56 Å². The molecule has 17 heteroatoms. The number of rotatable bonds is 3. The number of anilines is 1. The molecule has 0 aromatic carbocycles. The van der Waals surface area contributed by atoms with Crippen LogP contribution < -0.4 is 4.90 Å². The summed E-state index contributed by atoms with van der Waals surface area (Å²) in [6.45, 7) is 7.09. The number of aryl methyl sites for hydroxylation is 1. The SMILES string of the molecule is Cc1nnc(N2CCCC3(CN(Cc4ccoc4)CCO3)C2)o1.O=C(O)C(F)(F)F.O=C(O)C(F)(F)F. The highest BCUT2D eigenvalue weighted by Crippen LogP contribution is 2.31. The van der Waals surface area contributed by atoms with Gasteiger partial charge in [-0.1, -0.05) is 5.10 Å². The molecule has 2 aliphatic rings. The fourth-order valence-electron chi connectivity index (χ4n) is 3.62. The van der Waals surface area contributed by atoms with Crippen molar-refractivity contribution < 1.29 is 59.7 Å². The Morgan fingerprint density at radius 1 is 1.05 bits per heavy atom. The number of piperidine rings is 1. The van der Waals surface area contributed by atoms with Crippen LogP contribution in [0.25, 0.3) is 0 Å². The first kappa shape index (κ1) is 29.9. The van der Waals surface area contributed by atoms with Crippen LogP contribution in [0.4, 0.5) is 32.4 Å². The van der Waals surface area contributed by atoms with E-state index in [0.717, 1.165) is 52.2 Å². The molecule has 1 atom stereocenters. The Hall–Kier alpha value is -3.34. The van der Waals surface area contributed by atoms with E-state index in [2.05, 4.69) is 20.0 Å². The van der Waals surface area contributed by atoms with Crippen molar-refractivity contribution in [3.63, 3.8) is 0 Å². The van der Waals surface area contributed by atoms with E-state index in [0.29, 0.717) is 11.9 Å². The van der Waals surface area contributed by atoms with E-state index in [4.69, 9.17) is 33.4 Å². The number of halogens is 6. The number of carboxylic acid groups (broad SMARTS) is 2. The predicted molar refractivity (Wildman–Crippen MR) is 111 cm³/mol. The van der Waals surface area contributed by atoms with E-state index in [1.54, 1.807) is 6.26 Å². The quantitative estimate of drug-likeness (QED) is 0.549. The van der Waals surface area contributed by atoms with E-state index in [-0.39, 0.29) is 5.60 Å². The third-order valence-electron chi connectivity index (χ3n) is 5.12. The normalized spacial score (nSPS) is 20.5. The summed E-state index contributed by atoms with van der Waals surface area (Å²) < 4.78 is 80.5. The molecule has 2 aromatic heterocycles. The molecule has 4 heterocycles. The summed E-state index contributed by atoms with van der Waals surface area (Å²) in [5.74, 6) is -4.91. The van der Waals surface area contributed by atoms with Gasteiger partial charge in [0.15, 0.2) is 0 Å². The molecule has 0 amide bonds. The van der Waals surface area contributed by atoms with Crippen LogP contribution in [0, 0.1) is 6.92 Å². The van der Waals surface area contributed by atoms with Crippen LogP contribution in [-0.4, -0.2) is 88.0 Å². The van der Waals surface area contributed by atoms with Gasteiger partial charge >= 0.3 is 30.3 Å². The summed E-state index contributed by atoms with van der Waals surface area (Å²) in [5, 5.41) is 22.3. The smallest absolute Gasteiger partial charge is 0.475 e. The monoisotopic (exact) mass is 546 g/mol. The molecule has 2 N–H and O–H groups in total. The molecule has 2 aliphatic heterocycles. The second kappa shape index (κ2) is 12.3. The van der Waals surface area contributed by atoms with Crippen LogP contribution in [0.2, 0.25) is 0 Å². The van der Waals surface area contributed by atoms with Gasteiger partial charge in [0.25, 0.3) is 0 Å². The summed E-state index contributed by atoms with van der Waals surface area (Å²) in [7, 11) is 0. The first-order chi connectivity index (χ1) is 17.1. The highest BCUT2D eigenvalue weighted by Gasteiger charge is 2.42. The van der Waals surface area contributed by atoms with Crippen molar-refractivity contribution in [3.05, 3.63) is 30.0 Å². The van der Waals surface area contributed by atoms with Gasteiger partial charge < -0.3 is 28.7 Å². The summed E-state index contributed by atoms with van der Waals surface area (Å²) in [5.41, 5.74) is 1.06. The number of hydrogen-bond donors (Lipinski definition) is 2. The number of hydrogen-bond acceptors (Lipinski definition) is 9. The van der Waals surface area contributed by atoms with Gasteiger partial charge in [-0.15, -0.1) is 5.10 Å². The molecule has 37 heavy (non-hydrogen) atoms. The number of ether oxygens (including phenoxy) is 1. The molecule has 0 saturated carbocycles. The largest absolute Gasteiger partial charge is 0.490 e. The van der Waals surface area contributed by atoms with Gasteiger partial charge in [-0.2, -0.15) is 26.3 Å². The number of furan rings is 1. The van der Waals surface area contributed by atoms with Crippen molar-refractivity contribution in [2.75, 3.05) is 37.7 Å². The second-order valence-corrected chi connectivity index (χ2v) is 8.11. The number of aliphatic carboxylic acids is 2. The lowest BCUT2D eigenvalue weighted by Gasteiger charge is -2.47. The third kappa shape index (κ3) is 9.56. The van der Waals surface area contributed by atoms with Crippen molar-refractivity contribution >= 4 is 18.0 Å². The maximum atomic E-state index is 10.6. The molecule has 0 aliphatic carbocycles. The van der Waals surface area contributed by atoms with Crippen LogP contribution in [0.15, 0.2) is 27.4 Å². The van der Waals surface area contributed by atoms with Crippen molar-refractivity contribution in [1.82, 2.24) is 15.1 Å². The standard InChI is InChI=1S/C16H22N4O3.2C2HF3O2/c1-13-17-18-15(23-13)20-5-2-4-16(12-20)11-19(6-8-22-16)9-14-3-7-21-10-14;2*3-2(4,5)1(6)7/h3,7,10H,2,4-6,8-9,11-12H2,1H3;2*(H,6,7). The third-order valence-corrected chi connectivity index (χ3v) is 5.12. The van der Waals surface area contributed by atoms with Gasteiger partial charge in [0.2, 0.25) is 5.89 Å². The topological polar surface area (TPSA) is 142 Å². The average molecular weight is 546 g/mol. The zero-order valence-corrected chi connectivity index (χ0v) is 19.4. The number of carbonyl (C=O) groups is 2. The molecule has 11 nitrogen and oxygen atoms in total. The first-order valence-corrected chi connectivity index (χ1v) is 10.6. The van der Waals surface area contributed by atoms with Gasteiger partial charge in [0.1, 0.15) is 0 Å². The zero-order valence-electron chi connectivity index (χ0n) is 19.4. The van der Waals surface area contributed by atoms with Gasteiger partial charge in [-0.3, -0.25) is 4.90 Å². The Labute approximate surface area is 205 Å². The van der Waals surface area contributed by atoms with Gasteiger partial charge in [-0.25, -0.2) is 9.59 Å². The lowest BCUT2D eigenvalue weighted by atomic mass is 9.90.